The van der Waals surface area contributed by atoms with E-state index in [0.29, 0.717) is 6.42 Å². The van der Waals surface area contributed by atoms with Crippen molar-refractivity contribution in [2.45, 2.75) is 63.7 Å². The molecule has 182 valence electrons. The zero-order valence-corrected chi connectivity index (χ0v) is 18.8. The van der Waals surface area contributed by atoms with Crippen LogP contribution in [0.4, 0.5) is 0 Å². The van der Waals surface area contributed by atoms with Crippen molar-refractivity contribution in [3.63, 3.8) is 0 Å². The summed E-state index contributed by atoms with van der Waals surface area (Å²) in [7, 11) is 0. The fourth-order valence-corrected chi connectivity index (χ4v) is 2.81. The highest BCUT2D eigenvalue weighted by Gasteiger charge is 2.31. The highest BCUT2D eigenvalue weighted by Crippen LogP contribution is 2.06. The van der Waals surface area contributed by atoms with Gasteiger partial charge in [-0.3, -0.25) is 24.0 Å². The highest BCUT2D eigenvalue weighted by atomic mass is 32.1. The Kier molecular flexibility index (Phi) is 13.0. The van der Waals surface area contributed by atoms with Crippen LogP contribution in [0.25, 0.3) is 0 Å². The number of hydrogen-bond acceptors (Lipinski definition) is 8. The zero-order chi connectivity index (χ0) is 25.0. The van der Waals surface area contributed by atoms with Crippen molar-refractivity contribution >= 4 is 48.2 Å². The lowest BCUT2D eigenvalue weighted by molar-refractivity contribution is -0.143. The van der Waals surface area contributed by atoms with Gasteiger partial charge in [0.05, 0.1) is 12.5 Å². The van der Waals surface area contributed by atoms with E-state index < -0.39 is 66.2 Å². The number of primary amides is 1. The number of hydrogen-bond donors (Lipinski definition) is 8. The van der Waals surface area contributed by atoms with E-state index in [1.165, 1.54) is 0 Å². The van der Waals surface area contributed by atoms with Gasteiger partial charge in [0.15, 0.2) is 0 Å². The molecule has 4 amide bonds. The van der Waals surface area contributed by atoms with Gasteiger partial charge < -0.3 is 37.6 Å². The number of rotatable bonds is 15. The third-order valence-electron chi connectivity index (χ3n) is 4.18. The molecule has 0 rings (SSSR count). The van der Waals surface area contributed by atoms with E-state index in [9.17, 15) is 28.8 Å². The molecular formula is C18H31N5O8S. The first-order chi connectivity index (χ1) is 14.8. The fourth-order valence-electron chi connectivity index (χ4n) is 2.56. The van der Waals surface area contributed by atoms with Crippen LogP contribution in [0.5, 0.6) is 0 Å². The molecule has 0 saturated heterocycles. The number of thiol groups is 1. The molecule has 14 heteroatoms. The quantitative estimate of drug-likeness (QED) is 0.117. The van der Waals surface area contributed by atoms with Crippen molar-refractivity contribution in [2.75, 3.05) is 5.75 Å². The lowest BCUT2D eigenvalue weighted by Gasteiger charge is -2.24. The first-order valence-corrected chi connectivity index (χ1v) is 10.4. The first kappa shape index (κ1) is 29.1. The van der Waals surface area contributed by atoms with E-state index in [2.05, 4.69) is 28.6 Å². The van der Waals surface area contributed by atoms with Gasteiger partial charge in [-0.1, -0.05) is 13.8 Å². The number of nitrogens with one attached hydrogen (secondary N) is 3. The summed E-state index contributed by atoms with van der Waals surface area (Å²) in [6, 6.07) is -5.35. The van der Waals surface area contributed by atoms with Crippen LogP contribution >= 0.6 is 12.6 Å². The fraction of sp³-hybridized carbons (Fsp3) is 0.667. The number of aliphatic carboxylic acids is 2. The Balaban J connectivity index is 5.49. The van der Waals surface area contributed by atoms with E-state index >= 15 is 0 Å². The van der Waals surface area contributed by atoms with Crippen molar-refractivity contribution in [3.8, 4) is 0 Å². The second-order valence-corrected chi connectivity index (χ2v) is 7.91. The third-order valence-corrected chi connectivity index (χ3v) is 4.55. The standard InChI is InChI=1S/C18H31N5O8S/c1-8(2)5-9(19)15(27)21-10(3-4-13(20)24)16(28)22-11(6-14(25)26)17(29)23-12(7-32)18(30)31/h8-12,32H,3-7,19H2,1-2H3,(H2,20,24)(H,21,27)(H,22,28)(H,23,29)(H,25,26)(H,30,31). The Morgan fingerprint density at radius 2 is 1.38 bits per heavy atom. The second-order valence-electron chi connectivity index (χ2n) is 7.54. The van der Waals surface area contributed by atoms with Gasteiger partial charge in [-0.15, -0.1) is 0 Å². The van der Waals surface area contributed by atoms with Gasteiger partial charge in [0.25, 0.3) is 0 Å². The molecule has 0 aliphatic heterocycles. The highest BCUT2D eigenvalue weighted by molar-refractivity contribution is 7.80. The molecule has 32 heavy (non-hydrogen) atoms. The molecule has 4 atom stereocenters. The van der Waals surface area contributed by atoms with Crippen molar-refractivity contribution in [1.82, 2.24) is 16.0 Å². The molecule has 4 unspecified atom stereocenters. The van der Waals surface area contributed by atoms with Crippen molar-refractivity contribution < 1.29 is 39.0 Å². The first-order valence-electron chi connectivity index (χ1n) is 9.78. The van der Waals surface area contributed by atoms with Gasteiger partial charge >= 0.3 is 11.9 Å². The van der Waals surface area contributed by atoms with Crippen LogP contribution in [0, 0.1) is 5.92 Å². The Morgan fingerprint density at radius 3 is 1.81 bits per heavy atom. The Hall–Kier alpha value is -2.87. The number of carbonyl (C=O) groups is 6. The number of carbonyl (C=O) groups excluding carboxylic acids is 4. The number of nitrogens with two attached hydrogens (primary N) is 2. The van der Waals surface area contributed by atoms with Crippen LogP contribution in [-0.4, -0.2) is 75.7 Å². The van der Waals surface area contributed by atoms with E-state index in [0.717, 1.165) is 0 Å². The summed E-state index contributed by atoms with van der Waals surface area (Å²) in [5, 5.41) is 24.7. The summed E-state index contributed by atoms with van der Waals surface area (Å²) in [6.07, 6.45) is -1.05. The summed E-state index contributed by atoms with van der Waals surface area (Å²) in [4.78, 5) is 70.7. The zero-order valence-electron chi connectivity index (χ0n) is 17.9. The number of carboxylic acids is 2. The average Bonchev–Trinajstić information content (AvgIpc) is 2.66. The molecule has 0 aliphatic rings. The minimum absolute atomic E-state index is 0.0892. The molecule has 0 aromatic heterocycles. The molecule has 0 aliphatic carbocycles. The molecule has 0 radical (unpaired) electrons. The van der Waals surface area contributed by atoms with E-state index in [1.54, 1.807) is 0 Å². The maximum absolute atomic E-state index is 12.7. The van der Waals surface area contributed by atoms with Gasteiger partial charge in [-0.05, 0) is 18.8 Å². The maximum Gasteiger partial charge on any atom is 0.327 e. The number of carboxylic acid groups (broad SMARTS) is 2. The largest absolute Gasteiger partial charge is 0.481 e. The summed E-state index contributed by atoms with van der Waals surface area (Å²) in [5.41, 5.74) is 10.9. The average molecular weight is 478 g/mol. The topological polar surface area (TPSA) is 231 Å². The summed E-state index contributed by atoms with van der Waals surface area (Å²) >= 11 is 3.80. The second kappa shape index (κ2) is 14.2. The SMILES string of the molecule is CC(C)CC(N)C(=O)NC(CCC(N)=O)C(=O)NC(CC(=O)O)C(=O)NC(CS)C(=O)O. The minimum Gasteiger partial charge on any atom is -0.481 e. The van der Waals surface area contributed by atoms with Crippen LogP contribution < -0.4 is 27.4 Å². The predicted octanol–water partition coefficient (Wildman–Crippen LogP) is -2.43. The van der Waals surface area contributed by atoms with Gasteiger partial charge in [0.1, 0.15) is 18.1 Å². The molecule has 0 heterocycles. The molecule has 13 nitrogen and oxygen atoms in total. The molecule has 0 aromatic rings. The monoisotopic (exact) mass is 477 g/mol. The molecule has 0 bridgehead atoms. The molecular weight excluding hydrogens is 446 g/mol. The lowest BCUT2D eigenvalue weighted by atomic mass is 10.0. The molecule has 0 saturated carbocycles. The van der Waals surface area contributed by atoms with Gasteiger partial charge in [0, 0.05) is 12.2 Å². The Morgan fingerprint density at radius 1 is 0.875 bits per heavy atom. The normalized spacial score (nSPS) is 14.5. The summed E-state index contributed by atoms with van der Waals surface area (Å²) < 4.78 is 0. The summed E-state index contributed by atoms with van der Waals surface area (Å²) in [6.45, 7) is 3.68. The predicted molar refractivity (Wildman–Crippen MR) is 115 cm³/mol. The summed E-state index contributed by atoms with van der Waals surface area (Å²) in [5.74, 6) is -6.50. The molecule has 0 spiro atoms. The molecule has 9 N–H and O–H groups in total. The van der Waals surface area contributed by atoms with E-state index in [1.807, 2.05) is 13.8 Å². The van der Waals surface area contributed by atoms with Crippen molar-refractivity contribution in [3.05, 3.63) is 0 Å². The van der Waals surface area contributed by atoms with Crippen molar-refractivity contribution in [2.24, 2.45) is 17.4 Å². The van der Waals surface area contributed by atoms with Gasteiger partial charge in [0.2, 0.25) is 23.6 Å². The lowest BCUT2D eigenvalue weighted by Crippen LogP contribution is -2.57. The molecule has 0 aromatic carbocycles. The van der Waals surface area contributed by atoms with Crippen LogP contribution in [0.1, 0.15) is 39.5 Å². The van der Waals surface area contributed by atoms with Crippen LogP contribution in [0.2, 0.25) is 0 Å². The van der Waals surface area contributed by atoms with Crippen molar-refractivity contribution in [1.29, 1.82) is 0 Å². The van der Waals surface area contributed by atoms with Gasteiger partial charge in [-0.25, -0.2) is 4.79 Å². The smallest absolute Gasteiger partial charge is 0.327 e. The van der Waals surface area contributed by atoms with E-state index in [4.69, 9.17) is 21.7 Å². The Labute approximate surface area is 190 Å². The Bertz CT molecular complexity index is 717. The third kappa shape index (κ3) is 11.5. The van der Waals surface area contributed by atoms with Crippen LogP contribution in [-0.2, 0) is 28.8 Å². The van der Waals surface area contributed by atoms with Gasteiger partial charge in [-0.2, -0.15) is 12.6 Å². The van der Waals surface area contributed by atoms with Crippen LogP contribution in [0.15, 0.2) is 0 Å². The molecule has 0 fully saturated rings. The van der Waals surface area contributed by atoms with E-state index in [-0.39, 0.29) is 24.5 Å². The minimum atomic E-state index is -1.65. The number of amides is 4. The maximum atomic E-state index is 12.7. The van der Waals surface area contributed by atoms with Crippen LogP contribution in [0.3, 0.4) is 0 Å².